The molecule has 0 atom stereocenters. The van der Waals surface area contributed by atoms with Crippen LogP contribution in [-0.4, -0.2) is 56.7 Å². The molecule has 2 aliphatic rings. The lowest BCUT2D eigenvalue weighted by Crippen LogP contribution is -2.65. The number of amides is 1. The summed E-state index contributed by atoms with van der Waals surface area (Å²) in [5.41, 5.74) is 2.08. The van der Waals surface area contributed by atoms with E-state index in [-0.39, 0.29) is 5.41 Å². The van der Waals surface area contributed by atoms with Gasteiger partial charge in [-0.15, -0.1) is 0 Å². The summed E-state index contributed by atoms with van der Waals surface area (Å²) in [7, 11) is 0. The number of benzene rings is 2. The molecular weight excluding hydrogens is 350 g/mol. The number of nitrogens with zero attached hydrogens (tertiary/aromatic N) is 2. The van der Waals surface area contributed by atoms with Crippen LogP contribution in [0.15, 0.2) is 54.6 Å². The predicted molar refractivity (Wildman–Crippen MR) is 112 cm³/mol. The van der Waals surface area contributed by atoms with E-state index >= 15 is 0 Å². The molecule has 2 fully saturated rings. The molecule has 2 heterocycles. The maximum atomic E-state index is 13.4. The van der Waals surface area contributed by atoms with Gasteiger partial charge in [-0.25, -0.2) is 0 Å². The van der Waals surface area contributed by atoms with Crippen LogP contribution >= 0.6 is 0 Å². The van der Waals surface area contributed by atoms with Gasteiger partial charge >= 0.3 is 0 Å². The highest BCUT2D eigenvalue weighted by molar-refractivity contribution is 5.85. The monoisotopic (exact) mass is 379 g/mol. The van der Waals surface area contributed by atoms with Crippen molar-refractivity contribution in [3.63, 3.8) is 0 Å². The Morgan fingerprint density at radius 3 is 2.32 bits per heavy atom. The molecule has 2 aromatic rings. The molecule has 28 heavy (non-hydrogen) atoms. The quantitative estimate of drug-likeness (QED) is 0.838. The number of nitrogens with one attached hydrogen (secondary N) is 1. The van der Waals surface area contributed by atoms with E-state index in [0.717, 1.165) is 57.1 Å². The molecule has 0 unspecified atom stereocenters. The SMILES string of the molecule is CCOc1ccccc1N1CCN(C(=O)C2(Cc3ccccc3)CNC2)CC1. The van der Waals surface area contributed by atoms with Crippen molar-refractivity contribution < 1.29 is 9.53 Å². The van der Waals surface area contributed by atoms with Crippen LogP contribution in [0, 0.1) is 5.41 Å². The molecule has 0 spiro atoms. The molecule has 1 N–H and O–H groups in total. The van der Waals surface area contributed by atoms with E-state index in [4.69, 9.17) is 4.74 Å². The Morgan fingerprint density at radius 2 is 1.68 bits per heavy atom. The van der Waals surface area contributed by atoms with Gasteiger partial charge in [0.1, 0.15) is 5.75 Å². The highest BCUT2D eigenvalue weighted by atomic mass is 16.5. The van der Waals surface area contributed by atoms with Crippen molar-refractivity contribution in [2.45, 2.75) is 13.3 Å². The van der Waals surface area contributed by atoms with Gasteiger partial charge in [-0.05, 0) is 31.0 Å². The number of carbonyl (C=O) groups is 1. The fourth-order valence-corrected chi connectivity index (χ4v) is 4.25. The van der Waals surface area contributed by atoms with Gasteiger partial charge in [0.05, 0.1) is 17.7 Å². The number of para-hydroxylation sites is 2. The minimum Gasteiger partial charge on any atom is -0.492 e. The lowest BCUT2D eigenvalue weighted by molar-refractivity contribution is -0.145. The predicted octanol–water partition coefficient (Wildman–Crippen LogP) is 2.57. The number of anilines is 1. The third kappa shape index (κ3) is 3.72. The van der Waals surface area contributed by atoms with Crippen molar-refractivity contribution in [3.8, 4) is 5.75 Å². The summed E-state index contributed by atoms with van der Waals surface area (Å²) in [6.45, 7) is 7.40. The smallest absolute Gasteiger partial charge is 0.231 e. The first-order chi connectivity index (χ1) is 13.7. The van der Waals surface area contributed by atoms with Crippen LogP contribution in [0.3, 0.4) is 0 Å². The molecular formula is C23H29N3O2. The van der Waals surface area contributed by atoms with Crippen LogP contribution in [0.25, 0.3) is 0 Å². The maximum absolute atomic E-state index is 13.4. The van der Waals surface area contributed by atoms with E-state index in [1.54, 1.807) is 0 Å². The molecule has 2 aromatic carbocycles. The molecule has 148 valence electrons. The van der Waals surface area contributed by atoms with Gasteiger partial charge in [-0.2, -0.15) is 0 Å². The van der Waals surface area contributed by atoms with Gasteiger partial charge in [0.2, 0.25) is 5.91 Å². The lowest BCUT2D eigenvalue weighted by Gasteiger charge is -2.46. The summed E-state index contributed by atoms with van der Waals surface area (Å²) < 4.78 is 5.78. The average Bonchev–Trinajstić information content (AvgIpc) is 2.72. The summed E-state index contributed by atoms with van der Waals surface area (Å²) in [5, 5.41) is 3.32. The van der Waals surface area contributed by atoms with Gasteiger partial charge in [-0.3, -0.25) is 4.79 Å². The molecule has 0 bridgehead atoms. The minimum atomic E-state index is -0.285. The van der Waals surface area contributed by atoms with E-state index in [0.29, 0.717) is 12.5 Å². The molecule has 1 amide bonds. The Morgan fingerprint density at radius 1 is 1.00 bits per heavy atom. The van der Waals surface area contributed by atoms with E-state index in [1.165, 1.54) is 5.56 Å². The summed E-state index contributed by atoms with van der Waals surface area (Å²) in [4.78, 5) is 17.8. The lowest BCUT2D eigenvalue weighted by atomic mass is 9.75. The second-order valence-corrected chi connectivity index (χ2v) is 7.73. The third-order valence-electron chi connectivity index (χ3n) is 5.84. The Kier molecular flexibility index (Phi) is 5.53. The van der Waals surface area contributed by atoms with Gasteiger partial charge in [0.25, 0.3) is 0 Å². The van der Waals surface area contributed by atoms with E-state index in [2.05, 4.69) is 33.3 Å². The highest BCUT2D eigenvalue weighted by Gasteiger charge is 2.46. The van der Waals surface area contributed by atoms with E-state index in [9.17, 15) is 4.79 Å². The van der Waals surface area contributed by atoms with Crippen LogP contribution in [0.2, 0.25) is 0 Å². The number of hydrogen-bond donors (Lipinski definition) is 1. The topological polar surface area (TPSA) is 44.8 Å². The summed E-state index contributed by atoms with van der Waals surface area (Å²) in [6, 6.07) is 18.5. The first kappa shape index (κ1) is 18.8. The second-order valence-electron chi connectivity index (χ2n) is 7.73. The van der Waals surface area contributed by atoms with Gasteiger partial charge in [-0.1, -0.05) is 42.5 Å². The number of ether oxygens (including phenoxy) is 1. The minimum absolute atomic E-state index is 0.285. The molecule has 4 rings (SSSR count). The van der Waals surface area contributed by atoms with Crippen LogP contribution < -0.4 is 15.0 Å². The first-order valence-electron chi connectivity index (χ1n) is 10.2. The molecule has 0 saturated carbocycles. The van der Waals surface area contributed by atoms with E-state index in [1.807, 2.05) is 43.3 Å². The van der Waals surface area contributed by atoms with Gasteiger partial charge < -0.3 is 19.9 Å². The highest BCUT2D eigenvalue weighted by Crippen LogP contribution is 2.32. The standard InChI is InChI=1S/C23H29N3O2/c1-2-28-21-11-7-6-10-20(21)25-12-14-26(15-13-25)22(27)23(17-24-18-23)16-19-8-4-3-5-9-19/h3-11,24H,2,12-18H2,1H3. The number of piperazine rings is 1. The van der Waals surface area contributed by atoms with Crippen molar-refractivity contribution >= 4 is 11.6 Å². The Labute approximate surface area is 167 Å². The Bertz CT molecular complexity index is 797. The zero-order valence-electron chi connectivity index (χ0n) is 16.6. The van der Waals surface area contributed by atoms with Crippen LogP contribution in [0.1, 0.15) is 12.5 Å². The zero-order valence-corrected chi connectivity index (χ0v) is 16.6. The average molecular weight is 380 g/mol. The molecule has 0 radical (unpaired) electrons. The summed E-state index contributed by atoms with van der Waals surface area (Å²) in [6.07, 6.45) is 0.813. The molecule has 0 aromatic heterocycles. The number of hydrogen-bond acceptors (Lipinski definition) is 4. The van der Waals surface area contributed by atoms with Crippen molar-refractivity contribution in [3.05, 3.63) is 60.2 Å². The molecule has 0 aliphatic carbocycles. The van der Waals surface area contributed by atoms with Crippen molar-refractivity contribution in [1.29, 1.82) is 0 Å². The molecule has 5 heteroatoms. The van der Waals surface area contributed by atoms with Crippen molar-refractivity contribution in [1.82, 2.24) is 10.2 Å². The number of carbonyl (C=O) groups excluding carboxylic acids is 1. The van der Waals surface area contributed by atoms with Crippen LogP contribution in [-0.2, 0) is 11.2 Å². The van der Waals surface area contributed by atoms with Crippen LogP contribution in [0.4, 0.5) is 5.69 Å². The normalized spacial score (nSPS) is 18.5. The summed E-state index contributed by atoms with van der Waals surface area (Å²) in [5.74, 6) is 1.22. The first-order valence-corrected chi connectivity index (χ1v) is 10.2. The zero-order chi connectivity index (χ0) is 19.4. The van der Waals surface area contributed by atoms with Gasteiger partial charge in [0, 0.05) is 39.3 Å². The van der Waals surface area contributed by atoms with E-state index < -0.39 is 0 Å². The second kappa shape index (κ2) is 8.23. The largest absolute Gasteiger partial charge is 0.492 e. The maximum Gasteiger partial charge on any atom is 0.231 e. The molecule has 5 nitrogen and oxygen atoms in total. The fourth-order valence-electron chi connectivity index (χ4n) is 4.25. The molecule has 2 saturated heterocycles. The molecule has 2 aliphatic heterocycles. The fraction of sp³-hybridized carbons (Fsp3) is 0.435. The third-order valence-corrected chi connectivity index (χ3v) is 5.84. The van der Waals surface area contributed by atoms with Crippen LogP contribution in [0.5, 0.6) is 5.75 Å². The van der Waals surface area contributed by atoms with Crippen molar-refractivity contribution in [2.24, 2.45) is 5.41 Å². The number of rotatable bonds is 6. The summed E-state index contributed by atoms with van der Waals surface area (Å²) >= 11 is 0. The van der Waals surface area contributed by atoms with Gasteiger partial charge in [0.15, 0.2) is 0 Å². The Hall–Kier alpha value is -2.53. The Balaban J connectivity index is 1.41. The van der Waals surface area contributed by atoms with Crippen molar-refractivity contribution in [2.75, 3.05) is 50.8 Å².